The molecule has 0 saturated carbocycles. The minimum Gasteiger partial charge on any atom is -0.336 e. The van der Waals surface area contributed by atoms with Crippen LogP contribution in [0.3, 0.4) is 0 Å². The average Bonchev–Trinajstić information content (AvgIpc) is 3.23. The minimum absolute atomic E-state index is 0.0640. The van der Waals surface area contributed by atoms with E-state index in [2.05, 4.69) is 36.1 Å². The van der Waals surface area contributed by atoms with Gasteiger partial charge in [0.15, 0.2) is 0 Å². The van der Waals surface area contributed by atoms with Gasteiger partial charge in [0, 0.05) is 38.3 Å². The molecule has 4 aromatic rings. The van der Waals surface area contributed by atoms with E-state index in [0.717, 1.165) is 55.4 Å². The predicted octanol–water partition coefficient (Wildman–Crippen LogP) is 5.11. The van der Waals surface area contributed by atoms with Crippen molar-refractivity contribution in [3.8, 4) is 16.9 Å². The van der Waals surface area contributed by atoms with Gasteiger partial charge in [-0.2, -0.15) is 5.10 Å². The van der Waals surface area contributed by atoms with Gasteiger partial charge in [-0.3, -0.25) is 9.69 Å². The number of hydrogen-bond donors (Lipinski definition) is 0. The average molecular weight is 451 g/mol. The van der Waals surface area contributed by atoms with Crippen LogP contribution in [0, 0.1) is 13.8 Å². The zero-order chi connectivity index (χ0) is 23.5. The van der Waals surface area contributed by atoms with Crippen LogP contribution in [0.25, 0.3) is 16.9 Å². The van der Waals surface area contributed by atoms with Gasteiger partial charge in [0.2, 0.25) is 0 Å². The van der Waals surface area contributed by atoms with Crippen molar-refractivity contribution in [2.45, 2.75) is 20.4 Å². The Balaban J connectivity index is 1.40. The molecule has 1 aliphatic heterocycles. The van der Waals surface area contributed by atoms with Crippen LogP contribution in [0.4, 0.5) is 0 Å². The summed E-state index contributed by atoms with van der Waals surface area (Å²) in [5, 5.41) is 4.91. The molecule has 5 rings (SSSR count). The van der Waals surface area contributed by atoms with Crippen LogP contribution < -0.4 is 0 Å². The van der Waals surface area contributed by atoms with E-state index in [4.69, 9.17) is 5.10 Å². The molecule has 0 N–H and O–H groups in total. The Labute approximate surface area is 201 Å². The maximum absolute atomic E-state index is 13.8. The van der Waals surface area contributed by atoms with Crippen LogP contribution in [0.15, 0.2) is 84.9 Å². The van der Waals surface area contributed by atoms with E-state index in [1.54, 1.807) is 0 Å². The van der Waals surface area contributed by atoms with Crippen molar-refractivity contribution in [2.24, 2.45) is 0 Å². The molecule has 3 aromatic carbocycles. The van der Waals surface area contributed by atoms with Gasteiger partial charge in [-0.25, -0.2) is 4.68 Å². The molecule has 1 amide bonds. The van der Waals surface area contributed by atoms with Crippen LogP contribution in [-0.4, -0.2) is 51.7 Å². The summed E-state index contributed by atoms with van der Waals surface area (Å²) in [5.74, 6) is 0.0640. The first-order chi connectivity index (χ1) is 16.6. The topological polar surface area (TPSA) is 41.4 Å². The quantitative estimate of drug-likeness (QED) is 0.424. The molecule has 0 bridgehead atoms. The summed E-state index contributed by atoms with van der Waals surface area (Å²) in [6, 6.07) is 28.6. The third-order valence-corrected chi connectivity index (χ3v) is 6.69. The van der Waals surface area contributed by atoms with Crippen molar-refractivity contribution in [3.63, 3.8) is 0 Å². The second-order valence-corrected chi connectivity index (χ2v) is 8.92. The molecule has 5 nitrogen and oxygen atoms in total. The van der Waals surface area contributed by atoms with E-state index in [1.807, 2.05) is 77.2 Å². The fourth-order valence-electron chi connectivity index (χ4n) is 4.67. The van der Waals surface area contributed by atoms with Gasteiger partial charge in [0.1, 0.15) is 5.69 Å². The molecule has 1 aromatic heterocycles. The fourth-order valence-corrected chi connectivity index (χ4v) is 4.67. The zero-order valence-electron chi connectivity index (χ0n) is 19.8. The number of carbonyl (C=O) groups is 1. The van der Waals surface area contributed by atoms with E-state index >= 15 is 0 Å². The molecule has 1 saturated heterocycles. The largest absolute Gasteiger partial charge is 0.336 e. The van der Waals surface area contributed by atoms with Crippen LogP contribution in [0.1, 0.15) is 27.2 Å². The Bertz CT molecular complexity index is 1270. The number of piperazine rings is 1. The van der Waals surface area contributed by atoms with Gasteiger partial charge in [0.05, 0.1) is 16.9 Å². The van der Waals surface area contributed by atoms with Crippen LogP contribution >= 0.6 is 0 Å². The normalized spacial score (nSPS) is 14.4. The van der Waals surface area contributed by atoms with Crippen molar-refractivity contribution >= 4 is 5.91 Å². The number of rotatable bonds is 5. The van der Waals surface area contributed by atoms with Gasteiger partial charge in [-0.15, -0.1) is 0 Å². The number of amides is 1. The third kappa shape index (κ3) is 4.39. The highest BCUT2D eigenvalue weighted by molar-refractivity contribution is 6.01. The highest BCUT2D eigenvalue weighted by atomic mass is 16.2. The molecule has 172 valence electrons. The number of aryl methyl sites for hydroxylation is 1. The van der Waals surface area contributed by atoms with Gasteiger partial charge >= 0.3 is 0 Å². The lowest BCUT2D eigenvalue weighted by molar-refractivity contribution is 0.0628. The van der Waals surface area contributed by atoms with Crippen molar-refractivity contribution in [1.29, 1.82) is 0 Å². The second-order valence-electron chi connectivity index (χ2n) is 8.92. The zero-order valence-corrected chi connectivity index (χ0v) is 19.8. The van der Waals surface area contributed by atoms with E-state index in [9.17, 15) is 4.79 Å². The molecule has 0 aliphatic carbocycles. The lowest BCUT2D eigenvalue weighted by atomic mass is 10.0. The summed E-state index contributed by atoms with van der Waals surface area (Å²) < 4.78 is 1.89. The van der Waals surface area contributed by atoms with Gasteiger partial charge in [0.25, 0.3) is 5.91 Å². The first-order valence-electron chi connectivity index (χ1n) is 11.9. The van der Waals surface area contributed by atoms with Gasteiger partial charge < -0.3 is 4.90 Å². The lowest BCUT2D eigenvalue weighted by Gasteiger charge is -2.35. The molecule has 5 heteroatoms. The number of hydrogen-bond acceptors (Lipinski definition) is 3. The summed E-state index contributed by atoms with van der Waals surface area (Å²) >= 11 is 0. The molecule has 0 spiro atoms. The third-order valence-electron chi connectivity index (χ3n) is 6.69. The van der Waals surface area contributed by atoms with Crippen LogP contribution in [0.2, 0.25) is 0 Å². The van der Waals surface area contributed by atoms with Crippen molar-refractivity contribution in [1.82, 2.24) is 19.6 Å². The Kier molecular flexibility index (Phi) is 6.28. The van der Waals surface area contributed by atoms with Crippen LogP contribution in [-0.2, 0) is 6.54 Å². The number of para-hydroxylation sites is 1. The summed E-state index contributed by atoms with van der Waals surface area (Å²) in [4.78, 5) is 18.3. The Hall–Kier alpha value is -3.70. The molecule has 1 aliphatic rings. The summed E-state index contributed by atoms with van der Waals surface area (Å²) in [6.07, 6.45) is 0. The van der Waals surface area contributed by atoms with Gasteiger partial charge in [-0.05, 0) is 37.1 Å². The number of carbonyl (C=O) groups excluding carboxylic acids is 1. The SMILES string of the molecule is Cc1ccccc1CN1CCN(C(=O)c2c(-c3ccccc3)nn(-c3ccccc3)c2C)CC1. The number of benzene rings is 3. The molecule has 2 heterocycles. The monoisotopic (exact) mass is 450 g/mol. The molecule has 0 radical (unpaired) electrons. The lowest BCUT2D eigenvalue weighted by Crippen LogP contribution is -2.48. The number of nitrogens with zero attached hydrogens (tertiary/aromatic N) is 4. The summed E-state index contributed by atoms with van der Waals surface area (Å²) in [6.45, 7) is 8.25. The van der Waals surface area contributed by atoms with E-state index in [-0.39, 0.29) is 5.91 Å². The van der Waals surface area contributed by atoms with E-state index in [1.165, 1.54) is 11.1 Å². The maximum Gasteiger partial charge on any atom is 0.258 e. The Morgan fingerprint density at radius 2 is 1.41 bits per heavy atom. The molecule has 1 fully saturated rings. The predicted molar refractivity (Wildman–Crippen MR) is 136 cm³/mol. The fraction of sp³-hybridized carbons (Fsp3) is 0.241. The summed E-state index contributed by atoms with van der Waals surface area (Å²) in [5.41, 5.74) is 6.90. The highest BCUT2D eigenvalue weighted by Gasteiger charge is 2.29. The molecule has 0 unspecified atom stereocenters. The van der Waals surface area contributed by atoms with Crippen molar-refractivity contribution < 1.29 is 4.79 Å². The Morgan fingerprint density at radius 1 is 0.794 bits per heavy atom. The summed E-state index contributed by atoms with van der Waals surface area (Å²) in [7, 11) is 0. The van der Waals surface area contributed by atoms with Crippen molar-refractivity contribution in [2.75, 3.05) is 26.2 Å². The Morgan fingerprint density at radius 3 is 2.09 bits per heavy atom. The second kappa shape index (κ2) is 9.65. The van der Waals surface area contributed by atoms with E-state index in [0.29, 0.717) is 5.56 Å². The first-order valence-corrected chi connectivity index (χ1v) is 11.9. The molecule has 0 atom stereocenters. The molecule has 34 heavy (non-hydrogen) atoms. The molecular formula is C29H30N4O. The first kappa shape index (κ1) is 22.1. The molecular weight excluding hydrogens is 420 g/mol. The minimum atomic E-state index is 0.0640. The highest BCUT2D eigenvalue weighted by Crippen LogP contribution is 2.29. The number of aromatic nitrogens is 2. The van der Waals surface area contributed by atoms with Crippen LogP contribution in [0.5, 0.6) is 0 Å². The van der Waals surface area contributed by atoms with E-state index < -0.39 is 0 Å². The van der Waals surface area contributed by atoms with Crippen molar-refractivity contribution in [3.05, 3.63) is 107 Å². The smallest absolute Gasteiger partial charge is 0.258 e. The van der Waals surface area contributed by atoms with Gasteiger partial charge in [-0.1, -0.05) is 72.8 Å². The standard InChI is InChI=1S/C29H30N4O/c1-22-11-9-10-14-25(22)21-31-17-19-32(20-18-31)29(34)27-23(2)33(26-15-7-4-8-16-26)30-28(27)24-12-5-3-6-13-24/h3-16H,17-21H2,1-2H3. The maximum atomic E-state index is 13.8.